The van der Waals surface area contributed by atoms with Gasteiger partial charge in [0.2, 0.25) is 0 Å². The van der Waals surface area contributed by atoms with Crippen LogP contribution in [0.25, 0.3) is 0 Å². The van der Waals surface area contributed by atoms with E-state index < -0.39 is 11.1 Å². The van der Waals surface area contributed by atoms with E-state index in [1.165, 1.54) is 12.1 Å². The molecule has 2 aromatic rings. The quantitative estimate of drug-likeness (QED) is 0.642. The number of rotatable bonds is 4. The predicted molar refractivity (Wildman–Crippen MR) is 72.2 cm³/mol. The number of aromatic nitrogens is 1. The second kappa shape index (κ2) is 6.34. The average Bonchev–Trinajstić information content (AvgIpc) is 2.36. The third kappa shape index (κ3) is 4.18. The SMILES string of the molecule is O=S([O-])c1ccc(OCc2cc(Cl)nc(Cl)c2)cc1. The number of pyridine rings is 1. The molecular formula is C12H8Cl2NO3S-. The van der Waals surface area contributed by atoms with Gasteiger partial charge in [-0.1, -0.05) is 23.2 Å². The zero-order valence-electron chi connectivity index (χ0n) is 9.51. The van der Waals surface area contributed by atoms with E-state index in [2.05, 4.69) is 4.98 Å². The lowest BCUT2D eigenvalue weighted by molar-refractivity contribution is 0.306. The molecule has 0 radical (unpaired) electrons. The van der Waals surface area contributed by atoms with E-state index in [0.29, 0.717) is 16.1 Å². The van der Waals surface area contributed by atoms with Gasteiger partial charge in [0, 0.05) is 4.90 Å². The van der Waals surface area contributed by atoms with Crippen LogP contribution in [0, 0.1) is 0 Å². The number of halogens is 2. The Labute approximate surface area is 122 Å². The van der Waals surface area contributed by atoms with Crippen LogP contribution in [0.2, 0.25) is 10.3 Å². The molecule has 7 heteroatoms. The molecule has 1 aromatic carbocycles. The van der Waals surface area contributed by atoms with Crippen LogP contribution in [-0.4, -0.2) is 13.7 Å². The number of hydrogen-bond acceptors (Lipinski definition) is 4. The predicted octanol–water partition coefficient (Wildman–Crippen LogP) is 3.21. The highest BCUT2D eigenvalue weighted by atomic mass is 35.5. The fraction of sp³-hybridized carbons (Fsp3) is 0.0833. The molecule has 4 nitrogen and oxygen atoms in total. The molecule has 19 heavy (non-hydrogen) atoms. The Balaban J connectivity index is 2.03. The van der Waals surface area contributed by atoms with Crippen LogP contribution in [0.1, 0.15) is 5.56 Å². The Morgan fingerprint density at radius 1 is 1.16 bits per heavy atom. The zero-order valence-corrected chi connectivity index (χ0v) is 11.8. The van der Waals surface area contributed by atoms with Gasteiger partial charge in [0.25, 0.3) is 0 Å². The average molecular weight is 317 g/mol. The summed E-state index contributed by atoms with van der Waals surface area (Å²) < 4.78 is 26.9. The summed E-state index contributed by atoms with van der Waals surface area (Å²) in [5.74, 6) is 0.554. The summed E-state index contributed by atoms with van der Waals surface area (Å²) in [6.07, 6.45) is 0. The normalized spacial score (nSPS) is 12.2. The summed E-state index contributed by atoms with van der Waals surface area (Å²) in [7, 11) is 0. The van der Waals surface area contributed by atoms with Gasteiger partial charge in [0.05, 0.1) is 0 Å². The molecule has 0 spiro atoms. The summed E-state index contributed by atoms with van der Waals surface area (Å²) in [5.41, 5.74) is 0.779. The molecule has 2 rings (SSSR count). The maximum absolute atomic E-state index is 10.7. The number of benzene rings is 1. The van der Waals surface area contributed by atoms with Crippen molar-refractivity contribution in [1.29, 1.82) is 0 Å². The highest BCUT2D eigenvalue weighted by Gasteiger charge is 2.01. The lowest BCUT2D eigenvalue weighted by Gasteiger charge is -2.09. The number of ether oxygens (including phenoxy) is 1. The van der Waals surface area contributed by atoms with Gasteiger partial charge >= 0.3 is 0 Å². The molecule has 0 fully saturated rings. The summed E-state index contributed by atoms with van der Waals surface area (Å²) in [5, 5.41) is 0.589. The smallest absolute Gasteiger partial charge is 0.131 e. The molecule has 0 bridgehead atoms. The molecule has 1 heterocycles. The maximum Gasteiger partial charge on any atom is 0.131 e. The van der Waals surface area contributed by atoms with Crippen molar-refractivity contribution in [3.05, 3.63) is 52.3 Å². The van der Waals surface area contributed by atoms with Gasteiger partial charge in [0.1, 0.15) is 22.7 Å². The molecule has 0 N–H and O–H groups in total. The van der Waals surface area contributed by atoms with Crippen molar-refractivity contribution in [1.82, 2.24) is 4.98 Å². The van der Waals surface area contributed by atoms with Crippen molar-refractivity contribution in [2.75, 3.05) is 0 Å². The Morgan fingerprint density at radius 2 is 1.74 bits per heavy atom. The second-order valence-electron chi connectivity index (χ2n) is 3.62. The lowest BCUT2D eigenvalue weighted by Crippen LogP contribution is -1.97. The van der Waals surface area contributed by atoms with Crippen LogP contribution in [0.4, 0.5) is 0 Å². The van der Waals surface area contributed by atoms with E-state index in [1.54, 1.807) is 24.3 Å². The molecule has 1 atom stereocenters. The largest absolute Gasteiger partial charge is 0.768 e. The molecule has 1 unspecified atom stereocenters. The zero-order chi connectivity index (χ0) is 13.8. The highest BCUT2D eigenvalue weighted by Crippen LogP contribution is 2.18. The van der Waals surface area contributed by atoms with E-state index in [-0.39, 0.29) is 11.5 Å². The molecular weight excluding hydrogens is 309 g/mol. The van der Waals surface area contributed by atoms with Crippen molar-refractivity contribution in [3.8, 4) is 5.75 Å². The first kappa shape index (κ1) is 14.3. The first-order valence-electron chi connectivity index (χ1n) is 5.19. The molecule has 0 saturated carbocycles. The first-order valence-corrected chi connectivity index (χ1v) is 7.02. The van der Waals surface area contributed by atoms with Crippen LogP contribution >= 0.6 is 23.2 Å². The van der Waals surface area contributed by atoms with Crippen LogP contribution in [-0.2, 0) is 17.7 Å². The van der Waals surface area contributed by atoms with Gasteiger partial charge in [0.15, 0.2) is 0 Å². The topological polar surface area (TPSA) is 62.2 Å². The molecule has 0 saturated heterocycles. The van der Waals surface area contributed by atoms with Crippen molar-refractivity contribution in [2.24, 2.45) is 0 Å². The van der Waals surface area contributed by atoms with Gasteiger partial charge in [-0.05, 0) is 53.0 Å². The van der Waals surface area contributed by atoms with Crippen molar-refractivity contribution < 1.29 is 13.5 Å². The lowest BCUT2D eigenvalue weighted by atomic mass is 10.3. The van der Waals surface area contributed by atoms with Gasteiger partial charge in [-0.15, -0.1) is 0 Å². The summed E-state index contributed by atoms with van der Waals surface area (Å²) in [6.45, 7) is 0.266. The standard InChI is InChI=1S/C12H9Cl2NO3S/c13-11-5-8(6-12(14)15-11)7-18-9-1-3-10(4-2-9)19(16)17/h1-6H,7H2,(H,16,17)/p-1. The summed E-state index contributed by atoms with van der Waals surface area (Å²) in [6, 6.07) is 9.38. The van der Waals surface area contributed by atoms with E-state index in [0.717, 1.165) is 5.56 Å². The monoisotopic (exact) mass is 316 g/mol. The first-order chi connectivity index (χ1) is 9.04. The van der Waals surface area contributed by atoms with E-state index >= 15 is 0 Å². The third-order valence-electron chi connectivity index (χ3n) is 2.24. The van der Waals surface area contributed by atoms with E-state index in [4.69, 9.17) is 27.9 Å². The van der Waals surface area contributed by atoms with Crippen molar-refractivity contribution >= 4 is 34.3 Å². The van der Waals surface area contributed by atoms with Crippen LogP contribution < -0.4 is 4.74 Å². The fourth-order valence-electron chi connectivity index (χ4n) is 1.41. The van der Waals surface area contributed by atoms with Crippen LogP contribution in [0.5, 0.6) is 5.75 Å². The molecule has 0 aliphatic carbocycles. The van der Waals surface area contributed by atoms with Crippen LogP contribution in [0.3, 0.4) is 0 Å². The number of hydrogen-bond donors (Lipinski definition) is 0. The Bertz CT molecular complexity index is 584. The minimum atomic E-state index is -2.23. The van der Waals surface area contributed by atoms with Gasteiger partial charge in [-0.25, -0.2) is 4.98 Å². The van der Waals surface area contributed by atoms with Gasteiger partial charge < -0.3 is 9.29 Å². The second-order valence-corrected chi connectivity index (χ2v) is 5.33. The Hall–Kier alpha value is -1.14. The summed E-state index contributed by atoms with van der Waals surface area (Å²) >= 11 is 9.30. The fourth-order valence-corrected chi connectivity index (χ4v) is 2.28. The Kier molecular flexibility index (Phi) is 4.76. The van der Waals surface area contributed by atoms with Gasteiger partial charge in [-0.3, -0.25) is 4.21 Å². The van der Waals surface area contributed by atoms with E-state index in [1.807, 2.05) is 0 Å². The molecule has 1 aromatic heterocycles. The Morgan fingerprint density at radius 3 is 2.26 bits per heavy atom. The summed E-state index contributed by atoms with van der Waals surface area (Å²) in [4.78, 5) is 4.04. The highest BCUT2D eigenvalue weighted by molar-refractivity contribution is 7.79. The third-order valence-corrected chi connectivity index (χ3v) is 3.29. The van der Waals surface area contributed by atoms with Crippen molar-refractivity contribution in [2.45, 2.75) is 11.5 Å². The van der Waals surface area contributed by atoms with Crippen LogP contribution in [0.15, 0.2) is 41.3 Å². The minimum Gasteiger partial charge on any atom is -0.768 e. The number of nitrogens with zero attached hydrogens (tertiary/aromatic N) is 1. The molecule has 0 aliphatic rings. The van der Waals surface area contributed by atoms with Gasteiger partial charge in [-0.2, -0.15) is 0 Å². The molecule has 100 valence electrons. The van der Waals surface area contributed by atoms with Crippen molar-refractivity contribution in [3.63, 3.8) is 0 Å². The van der Waals surface area contributed by atoms with E-state index in [9.17, 15) is 8.76 Å². The molecule has 0 aliphatic heterocycles. The minimum absolute atomic E-state index is 0.211. The molecule has 0 amide bonds. The maximum atomic E-state index is 10.7.